The molecule has 0 radical (unpaired) electrons. The van der Waals surface area contributed by atoms with Gasteiger partial charge in [0.1, 0.15) is 30.5 Å². The van der Waals surface area contributed by atoms with Gasteiger partial charge in [0.15, 0.2) is 0 Å². The molecule has 4 N–H and O–H groups in total. The number of benzene rings is 2. The average molecular weight is 487 g/mol. The predicted octanol–water partition coefficient (Wildman–Crippen LogP) is 4.27. The van der Waals surface area contributed by atoms with Gasteiger partial charge in [0.05, 0.1) is 6.61 Å². The third-order valence-electron chi connectivity index (χ3n) is 8.60. The van der Waals surface area contributed by atoms with E-state index in [0.717, 1.165) is 11.1 Å². The molecular formula is C28H35ClO5. The maximum atomic E-state index is 10.5. The van der Waals surface area contributed by atoms with Crippen LogP contribution in [-0.4, -0.2) is 51.4 Å². The molecule has 1 saturated heterocycles. The minimum absolute atomic E-state index is 0.448. The van der Waals surface area contributed by atoms with Gasteiger partial charge in [0, 0.05) is 5.02 Å². The summed E-state index contributed by atoms with van der Waals surface area (Å²) in [6.45, 7) is -0.448. The number of halogens is 1. The van der Waals surface area contributed by atoms with Gasteiger partial charge < -0.3 is 25.2 Å². The van der Waals surface area contributed by atoms with E-state index in [9.17, 15) is 20.4 Å². The summed E-state index contributed by atoms with van der Waals surface area (Å²) in [5.74, 6) is 0.665. The summed E-state index contributed by atoms with van der Waals surface area (Å²) in [7, 11) is 0. The zero-order valence-electron chi connectivity index (χ0n) is 19.4. The van der Waals surface area contributed by atoms with Gasteiger partial charge in [-0.15, -0.1) is 0 Å². The fourth-order valence-corrected chi connectivity index (χ4v) is 6.34. The number of hydrogen-bond acceptors (Lipinski definition) is 5. The van der Waals surface area contributed by atoms with Gasteiger partial charge in [-0.2, -0.15) is 0 Å². The van der Waals surface area contributed by atoms with E-state index in [4.69, 9.17) is 16.3 Å². The fraction of sp³-hybridized carbons (Fsp3) is 0.571. The predicted molar refractivity (Wildman–Crippen MR) is 131 cm³/mol. The molecule has 0 amide bonds. The molecule has 2 aromatic carbocycles. The molecular weight excluding hydrogens is 452 g/mol. The summed E-state index contributed by atoms with van der Waals surface area (Å²) in [5.41, 5.74) is 4.81. The quantitative estimate of drug-likeness (QED) is 0.506. The van der Waals surface area contributed by atoms with Crippen LogP contribution in [-0.2, 0) is 11.2 Å². The fourth-order valence-electron chi connectivity index (χ4n) is 6.15. The third kappa shape index (κ3) is 4.67. The van der Waals surface area contributed by atoms with Crippen LogP contribution < -0.4 is 0 Å². The lowest BCUT2D eigenvalue weighted by atomic mass is 9.58. The Kier molecular flexibility index (Phi) is 7.04. The maximum absolute atomic E-state index is 10.5. The van der Waals surface area contributed by atoms with Crippen molar-refractivity contribution in [1.82, 2.24) is 0 Å². The van der Waals surface area contributed by atoms with Crippen molar-refractivity contribution in [2.24, 2.45) is 5.41 Å². The summed E-state index contributed by atoms with van der Waals surface area (Å²) >= 11 is 6.50. The Morgan fingerprint density at radius 1 is 0.853 bits per heavy atom. The van der Waals surface area contributed by atoms with Crippen molar-refractivity contribution in [3.8, 4) is 0 Å². The van der Waals surface area contributed by atoms with Crippen molar-refractivity contribution in [2.75, 3.05) is 6.61 Å². The molecule has 2 saturated carbocycles. The molecule has 1 spiro atoms. The van der Waals surface area contributed by atoms with Gasteiger partial charge in [0.25, 0.3) is 0 Å². The van der Waals surface area contributed by atoms with E-state index in [-0.39, 0.29) is 0 Å². The first-order chi connectivity index (χ1) is 16.4. The minimum Gasteiger partial charge on any atom is -0.394 e. The zero-order chi connectivity index (χ0) is 23.9. The van der Waals surface area contributed by atoms with Gasteiger partial charge >= 0.3 is 0 Å². The molecule has 3 fully saturated rings. The molecule has 1 aliphatic heterocycles. The highest BCUT2D eigenvalue weighted by Gasteiger charge is 2.44. The molecule has 3 aliphatic rings. The average Bonchev–Trinajstić information content (AvgIpc) is 2.84. The molecule has 184 valence electrons. The Labute approximate surface area is 206 Å². The van der Waals surface area contributed by atoms with Crippen LogP contribution in [0.3, 0.4) is 0 Å². The molecule has 1 heterocycles. The Bertz CT molecular complexity index is 977. The zero-order valence-corrected chi connectivity index (χ0v) is 20.2. The molecule has 5 rings (SSSR count). The molecule has 0 unspecified atom stereocenters. The molecule has 34 heavy (non-hydrogen) atoms. The second kappa shape index (κ2) is 9.88. The van der Waals surface area contributed by atoms with Crippen LogP contribution in [0.2, 0.25) is 5.02 Å². The standard InChI is InChI=1S/C28H35ClO5/c29-22-7-6-20(27-26(33)25(32)24(31)23(16-30)34-27)15-21(22)14-17-2-4-18(5-3-17)19-8-12-28(13-9-19)10-1-11-28/h2-7,15,19,23-27,30-33H,1,8-14,16H2/t23-,24-,25+,26-,27+/m1/s1. The second-order valence-electron chi connectivity index (χ2n) is 10.6. The number of aliphatic hydroxyl groups is 4. The van der Waals surface area contributed by atoms with Gasteiger partial charge in [-0.25, -0.2) is 0 Å². The van der Waals surface area contributed by atoms with Crippen LogP contribution in [0.15, 0.2) is 42.5 Å². The van der Waals surface area contributed by atoms with Crippen molar-refractivity contribution < 1.29 is 25.2 Å². The van der Waals surface area contributed by atoms with Crippen LogP contribution in [0, 0.1) is 5.41 Å². The number of aliphatic hydroxyl groups excluding tert-OH is 4. The summed E-state index contributed by atoms with van der Waals surface area (Å²) in [6.07, 6.45) is 4.39. The molecule has 2 aromatic rings. The second-order valence-corrected chi connectivity index (χ2v) is 11.1. The SMILES string of the molecule is OC[C@H]1O[C@@H](c2ccc(Cl)c(Cc3ccc(C4CCC5(CCC5)CC4)cc3)c2)[C@H](O)[C@@H](O)[C@@H]1O. The van der Waals surface area contributed by atoms with Gasteiger partial charge in [-0.1, -0.05) is 54.4 Å². The van der Waals surface area contributed by atoms with Crippen molar-refractivity contribution in [3.05, 3.63) is 69.7 Å². The first-order valence-electron chi connectivity index (χ1n) is 12.6. The molecule has 6 heteroatoms. The summed E-state index contributed by atoms with van der Waals surface area (Å²) in [6, 6.07) is 14.3. The molecule has 0 aromatic heterocycles. The van der Waals surface area contributed by atoms with Crippen molar-refractivity contribution in [1.29, 1.82) is 0 Å². The highest BCUT2D eigenvalue weighted by atomic mass is 35.5. The van der Waals surface area contributed by atoms with Crippen LogP contribution in [0.5, 0.6) is 0 Å². The Balaban J connectivity index is 1.28. The third-order valence-corrected chi connectivity index (χ3v) is 8.97. The Morgan fingerprint density at radius 3 is 2.15 bits per heavy atom. The molecule has 2 aliphatic carbocycles. The van der Waals surface area contributed by atoms with Gasteiger partial charge in [-0.05, 0) is 84.6 Å². The highest BCUT2D eigenvalue weighted by Crippen LogP contribution is 2.54. The van der Waals surface area contributed by atoms with E-state index in [1.807, 2.05) is 6.07 Å². The number of ether oxygens (including phenoxy) is 1. The lowest BCUT2D eigenvalue weighted by Crippen LogP contribution is -2.55. The lowest BCUT2D eigenvalue weighted by molar-refractivity contribution is -0.231. The topological polar surface area (TPSA) is 90.2 Å². The van der Waals surface area contributed by atoms with E-state index in [1.165, 1.54) is 50.5 Å². The Hall–Kier alpha value is -1.47. The van der Waals surface area contributed by atoms with E-state index in [1.54, 1.807) is 12.1 Å². The maximum Gasteiger partial charge on any atom is 0.113 e. The van der Waals surface area contributed by atoms with Gasteiger partial charge in [-0.3, -0.25) is 0 Å². The van der Waals surface area contributed by atoms with E-state index >= 15 is 0 Å². The van der Waals surface area contributed by atoms with E-state index in [0.29, 0.717) is 28.3 Å². The highest BCUT2D eigenvalue weighted by molar-refractivity contribution is 6.31. The Morgan fingerprint density at radius 2 is 1.53 bits per heavy atom. The summed E-state index contributed by atoms with van der Waals surface area (Å²) in [4.78, 5) is 0. The molecule has 5 atom stereocenters. The van der Waals surface area contributed by atoms with Crippen LogP contribution in [0.4, 0.5) is 0 Å². The summed E-state index contributed by atoms with van der Waals surface area (Å²) in [5, 5.41) is 40.8. The van der Waals surface area contributed by atoms with E-state index < -0.39 is 37.1 Å². The van der Waals surface area contributed by atoms with Crippen molar-refractivity contribution >= 4 is 11.6 Å². The normalized spacial score (nSPS) is 31.4. The number of rotatable bonds is 5. The van der Waals surface area contributed by atoms with Crippen LogP contribution >= 0.6 is 11.6 Å². The first-order valence-corrected chi connectivity index (χ1v) is 12.9. The number of hydrogen-bond donors (Lipinski definition) is 4. The first kappa shape index (κ1) is 24.2. The van der Waals surface area contributed by atoms with Gasteiger partial charge in [0.2, 0.25) is 0 Å². The monoisotopic (exact) mass is 486 g/mol. The van der Waals surface area contributed by atoms with Crippen molar-refractivity contribution in [2.45, 2.75) is 87.8 Å². The van der Waals surface area contributed by atoms with E-state index in [2.05, 4.69) is 24.3 Å². The molecule has 5 nitrogen and oxygen atoms in total. The smallest absolute Gasteiger partial charge is 0.113 e. The van der Waals surface area contributed by atoms with Crippen LogP contribution in [0.25, 0.3) is 0 Å². The largest absolute Gasteiger partial charge is 0.394 e. The minimum atomic E-state index is -1.40. The summed E-state index contributed by atoms with van der Waals surface area (Å²) < 4.78 is 5.72. The molecule has 0 bridgehead atoms. The van der Waals surface area contributed by atoms with Crippen LogP contribution in [0.1, 0.15) is 79.2 Å². The lowest BCUT2D eigenvalue weighted by Gasteiger charge is -2.47. The van der Waals surface area contributed by atoms with Crippen molar-refractivity contribution in [3.63, 3.8) is 0 Å².